The maximum atomic E-state index is 9.06. The lowest BCUT2D eigenvalue weighted by Crippen LogP contribution is -2.35. The summed E-state index contributed by atoms with van der Waals surface area (Å²) in [6.07, 6.45) is 3.70. The molecule has 0 aliphatic carbocycles. The number of aliphatic hydroxyl groups excluding tert-OH is 1. The van der Waals surface area contributed by atoms with Crippen LogP contribution in [0.5, 0.6) is 0 Å². The maximum absolute atomic E-state index is 9.06. The molecule has 0 aliphatic rings. The van der Waals surface area contributed by atoms with Crippen molar-refractivity contribution in [2.75, 3.05) is 13.2 Å². The highest BCUT2D eigenvalue weighted by molar-refractivity contribution is 5.21. The molecular formula is C8H14N2O. The van der Waals surface area contributed by atoms with Crippen LogP contribution in [0.4, 0.5) is 0 Å². The Hall–Kier alpha value is -0.800. The number of aliphatic hydroxyl groups is 1. The Kier molecular flexibility index (Phi) is 2.31. The Morgan fingerprint density at radius 1 is 1.73 bits per heavy atom. The van der Waals surface area contributed by atoms with Crippen LogP contribution in [0.2, 0.25) is 0 Å². The number of H-pyrrole nitrogens is 1. The van der Waals surface area contributed by atoms with Gasteiger partial charge in [0.25, 0.3) is 0 Å². The molecule has 3 nitrogen and oxygen atoms in total. The summed E-state index contributed by atoms with van der Waals surface area (Å²) in [6.45, 7) is 2.49. The van der Waals surface area contributed by atoms with Crippen LogP contribution in [-0.2, 0) is 5.41 Å². The van der Waals surface area contributed by atoms with E-state index in [9.17, 15) is 0 Å². The van der Waals surface area contributed by atoms with E-state index in [0.29, 0.717) is 6.54 Å². The second-order valence-electron chi connectivity index (χ2n) is 3.02. The van der Waals surface area contributed by atoms with E-state index in [1.165, 1.54) is 0 Å². The molecular weight excluding hydrogens is 140 g/mol. The number of aromatic nitrogens is 1. The van der Waals surface area contributed by atoms with E-state index in [2.05, 4.69) is 4.98 Å². The van der Waals surface area contributed by atoms with Gasteiger partial charge in [0.2, 0.25) is 0 Å². The van der Waals surface area contributed by atoms with Gasteiger partial charge < -0.3 is 15.8 Å². The molecule has 0 spiro atoms. The fraction of sp³-hybridized carbons (Fsp3) is 0.500. The number of nitrogens with one attached hydrogen (secondary N) is 1. The Labute approximate surface area is 66.2 Å². The van der Waals surface area contributed by atoms with E-state index in [-0.39, 0.29) is 12.0 Å². The predicted molar refractivity (Wildman–Crippen MR) is 44.3 cm³/mol. The molecule has 1 rings (SSSR count). The summed E-state index contributed by atoms with van der Waals surface area (Å²) >= 11 is 0. The average molecular weight is 154 g/mol. The van der Waals surface area contributed by atoms with Crippen molar-refractivity contribution < 1.29 is 5.11 Å². The lowest BCUT2D eigenvalue weighted by molar-refractivity contribution is 0.210. The highest BCUT2D eigenvalue weighted by Gasteiger charge is 2.23. The summed E-state index contributed by atoms with van der Waals surface area (Å²) in [7, 11) is 0. The van der Waals surface area contributed by atoms with Crippen molar-refractivity contribution in [1.29, 1.82) is 0 Å². The highest BCUT2D eigenvalue weighted by atomic mass is 16.3. The van der Waals surface area contributed by atoms with Crippen molar-refractivity contribution in [3.05, 3.63) is 24.0 Å². The zero-order valence-electron chi connectivity index (χ0n) is 6.67. The van der Waals surface area contributed by atoms with Gasteiger partial charge in [0.05, 0.1) is 6.61 Å². The second kappa shape index (κ2) is 3.07. The fourth-order valence-corrected chi connectivity index (χ4v) is 0.973. The first-order valence-corrected chi connectivity index (χ1v) is 3.67. The Morgan fingerprint density at radius 3 is 2.82 bits per heavy atom. The molecule has 1 unspecified atom stereocenters. The van der Waals surface area contributed by atoms with Crippen molar-refractivity contribution >= 4 is 0 Å². The molecule has 1 aromatic heterocycles. The zero-order chi connectivity index (χ0) is 8.32. The number of nitrogens with two attached hydrogens (primary N) is 1. The molecule has 0 amide bonds. The van der Waals surface area contributed by atoms with E-state index in [0.717, 1.165) is 5.56 Å². The summed E-state index contributed by atoms with van der Waals surface area (Å²) in [5.41, 5.74) is 6.30. The van der Waals surface area contributed by atoms with Gasteiger partial charge >= 0.3 is 0 Å². The van der Waals surface area contributed by atoms with Crippen LogP contribution in [0, 0.1) is 0 Å². The molecule has 1 aromatic rings. The molecule has 0 saturated heterocycles. The van der Waals surface area contributed by atoms with Crippen molar-refractivity contribution in [3.63, 3.8) is 0 Å². The molecule has 3 heteroatoms. The van der Waals surface area contributed by atoms with Gasteiger partial charge in [0, 0.05) is 24.4 Å². The quantitative estimate of drug-likeness (QED) is 0.583. The molecule has 4 N–H and O–H groups in total. The first-order valence-electron chi connectivity index (χ1n) is 3.67. The fourth-order valence-electron chi connectivity index (χ4n) is 0.973. The maximum Gasteiger partial charge on any atom is 0.0538 e. The Balaban J connectivity index is 2.87. The first-order chi connectivity index (χ1) is 5.23. The van der Waals surface area contributed by atoms with Crippen LogP contribution in [0.1, 0.15) is 12.5 Å². The lowest BCUT2D eigenvalue weighted by atomic mass is 9.85. The number of rotatable bonds is 3. The van der Waals surface area contributed by atoms with Crippen LogP contribution in [-0.4, -0.2) is 23.2 Å². The van der Waals surface area contributed by atoms with Gasteiger partial charge in [0.1, 0.15) is 0 Å². The van der Waals surface area contributed by atoms with E-state index in [4.69, 9.17) is 10.8 Å². The monoisotopic (exact) mass is 154 g/mol. The molecule has 62 valence electrons. The van der Waals surface area contributed by atoms with Crippen LogP contribution in [0.25, 0.3) is 0 Å². The summed E-state index contributed by atoms with van der Waals surface area (Å²) in [6, 6.07) is 1.93. The largest absolute Gasteiger partial charge is 0.395 e. The van der Waals surface area contributed by atoms with Crippen LogP contribution < -0.4 is 5.73 Å². The SMILES string of the molecule is CC(CN)(CO)c1cc[nH]c1. The summed E-state index contributed by atoms with van der Waals surface area (Å²) in [4.78, 5) is 2.94. The third-order valence-electron chi connectivity index (χ3n) is 2.09. The molecule has 0 aliphatic heterocycles. The number of hydrogen-bond donors (Lipinski definition) is 3. The van der Waals surface area contributed by atoms with Crippen molar-refractivity contribution in [2.45, 2.75) is 12.3 Å². The van der Waals surface area contributed by atoms with Crippen molar-refractivity contribution in [1.82, 2.24) is 4.98 Å². The van der Waals surface area contributed by atoms with Gasteiger partial charge in [0.15, 0.2) is 0 Å². The molecule has 1 atom stereocenters. The van der Waals surface area contributed by atoms with Gasteiger partial charge in [-0.2, -0.15) is 0 Å². The smallest absolute Gasteiger partial charge is 0.0538 e. The second-order valence-corrected chi connectivity index (χ2v) is 3.02. The third-order valence-corrected chi connectivity index (χ3v) is 2.09. The highest BCUT2D eigenvalue weighted by Crippen LogP contribution is 2.20. The topological polar surface area (TPSA) is 62.0 Å². The molecule has 0 aromatic carbocycles. The van der Waals surface area contributed by atoms with Gasteiger partial charge in [-0.15, -0.1) is 0 Å². The van der Waals surface area contributed by atoms with Crippen LogP contribution in [0.15, 0.2) is 18.5 Å². The molecule has 0 bridgehead atoms. The van der Waals surface area contributed by atoms with Gasteiger partial charge in [-0.05, 0) is 11.6 Å². The van der Waals surface area contributed by atoms with Crippen molar-refractivity contribution in [3.8, 4) is 0 Å². The minimum absolute atomic E-state index is 0.0847. The van der Waals surface area contributed by atoms with Gasteiger partial charge in [-0.1, -0.05) is 6.92 Å². The molecule has 0 radical (unpaired) electrons. The van der Waals surface area contributed by atoms with E-state index in [1.54, 1.807) is 0 Å². The van der Waals surface area contributed by atoms with Gasteiger partial charge in [-0.3, -0.25) is 0 Å². The predicted octanol–water partition coefficient (Wildman–Crippen LogP) is 0.223. The Bertz CT molecular complexity index is 202. The van der Waals surface area contributed by atoms with Crippen LogP contribution in [0.3, 0.4) is 0 Å². The number of aromatic amines is 1. The van der Waals surface area contributed by atoms with Crippen LogP contribution >= 0.6 is 0 Å². The van der Waals surface area contributed by atoms with Gasteiger partial charge in [-0.25, -0.2) is 0 Å². The number of hydrogen-bond acceptors (Lipinski definition) is 2. The van der Waals surface area contributed by atoms with E-state index >= 15 is 0 Å². The minimum atomic E-state index is -0.292. The van der Waals surface area contributed by atoms with E-state index in [1.807, 2.05) is 25.4 Å². The standard InChI is InChI=1S/C8H14N2O/c1-8(5-9,6-11)7-2-3-10-4-7/h2-4,10-11H,5-6,9H2,1H3. The lowest BCUT2D eigenvalue weighted by Gasteiger charge is -2.23. The Morgan fingerprint density at radius 2 is 2.45 bits per heavy atom. The normalized spacial score (nSPS) is 16.3. The van der Waals surface area contributed by atoms with Crippen molar-refractivity contribution in [2.24, 2.45) is 5.73 Å². The summed E-state index contributed by atoms with van der Waals surface area (Å²) < 4.78 is 0. The molecule has 11 heavy (non-hydrogen) atoms. The minimum Gasteiger partial charge on any atom is -0.395 e. The third kappa shape index (κ3) is 1.44. The molecule has 0 fully saturated rings. The van der Waals surface area contributed by atoms with E-state index < -0.39 is 0 Å². The first kappa shape index (κ1) is 8.30. The molecule has 0 saturated carbocycles. The summed E-state index contributed by atoms with van der Waals surface area (Å²) in [5.74, 6) is 0. The average Bonchev–Trinajstić information content (AvgIpc) is 2.55. The summed E-state index contributed by atoms with van der Waals surface area (Å²) in [5, 5.41) is 9.06. The molecule has 1 heterocycles. The zero-order valence-corrected chi connectivity index (χ0v) is 6.67.